The Morgan fingerprint density at radius 2 is 1.74 bits per heavy atom. The molecule has 0 bridgehead atoms. The molecule has 7 nitrogen and oxygen atoms in total. The quantitative estimate of drug-likeness (QED) is 0.217. The Hall–Kier alpha value is -3.97. The summed E-state index contributed by atoms with van der Waals surface area (Å²) in [4.78, 5) is 29.4. The second-order valence-corrected chi connectivity index (χ2v) is 9.97. The van der Waals surface area contributed by atoms with Crippen molar-refractivity contribution in [2.45, 2.75) is 39.3 Å². The van der Waals surface area contributed by atoms with E-state index in [4.69, 9.17) is 30.2 Å². The number of fused-ring (bicyclic) bond motifs is 2. The van der Waals surface area contributed by atoms with E-state index in [2.05, 4.69) is 6.92 Å². The van der Waals surface area contributed by atoms with Gasteiger partial charge in [-0.2, -0.15) is 0 Å². The number of unbranched alkanes of at least 4 members (excludes halogenated alkanes) is 1. The highest BCUT2D eigenvalue weighted by atomic mass is 35.5. The van der Waals surface area contributed by atoms with Crippen LogP contribution in [0.2, 0.25) is 5.02 Å². The summed E-state index contributed by atoms with van der Waals surface area (Å²) < 4.78 is 22.9. The Labute approximate surface area is 231 Å². The molecule has 1 amide bonds. The van der Waals surface area contributed by atoms with Crippen LogP contribution in [0.15, 0.2) is 63.8 Å². The lowest BCUT2D eigenvalue weighted by atomic mass is 9.97. The smallest absolute Gasteiger partial charge is 0.291 e. The summed E-state index contributed by atoms with van der Waals surface area (Å²) in [6.07, 6.45) is 1.93. The first-order chi connectivity index (χ1) is 18.9. The number of rotatable bonds is 9. The fraction of sp³-hybridized carbons (Fsp3) is 0.290. The van der Waals surface area contributed by atoms with E-state index in [1.807, 2.05) is 49.4 Å². The summed E-state index contributed by atoms with van der Waals surface area (Å²) >= 11 is 6.36. The number of benzene rings is 3. The Bertz CT molecular complexity index is 1590. The standard InChI is InChI=1S/C31H30ClNO6/c1-5-6-13-38-24-12-9-20(15-26(24)37-4)28-27-29(34)22-16-23(32)18(2)14-25(22)39-30(27)31(35)33(28)17-19-7-10-21(36-3)11-8-19/h7-12,14-16,28H,5-6,13,17H2,1-4H3. The van der Waals surface area contributed by atoms with Gasteiger partial charge in [0.1, 0.15) is 11.3 Å². The van der Waals surface area contributed by atoms with Crippen molar-refractivity contribution in [2.75, 3.05) is 20.8 Å². The first-order valence-electron chi connectivity index (χ1n) is 12.9. The van der Waals surface area contributed by atoms with E-state index in [-0.39, 0.29) is 29.2 Å². The fourth-order valence-electron chi connectivity index (χ4n) is 4.88. The number of hydrogen-bond acceptors (Lipinski definition) is 6. The van der Waals surface area contributed by atoms with Crippen LogP contribution in [0.1, 0.15) is 58.6 Å². The number of hydrogen-bond donors (Lipinski definition) is 0. The number of ether oxygens (including phenoxy) is 3. The summed E-state index contributed by atoms with van der Waals surface area (Å²) in [6, 6.07) is 15.6. The Morgan fingerprint density at radius 1 is 0.974 bits per heavy atom. The zero-order valence-electron chi connectivity index (χ0n) is 22.4. The second kappa shape index (κ2) is 11.0. The SMILES string of the molecule is CCCCOc1ccc(C2c3c(oc4cc(C)c(Cl)cc4c3=O)C(=O)N2Cc2ccc(OC)cc2)cc1OC. The topological polar surface area (TPSA) is 78.2 Å². The van der Waals surface area contributed by atoms with Crippen LogP contribution in [0.5, 0.6) is 17.2 Å². The zero-order chi connectivity index (χ0) is 27.7. The maximum atomic E-state index is 13.9. The van der Waals surface area contributed by atoms with Crippen LogP contribution in [0, 0.1) is 6.92 Å². The minimum atomic E-state index is -0.700. The molecule has 1 aromatic heterocycles. The lowest BCUT2D eigenvalue weighted by molar-refractivity contribution is 0.0714. The molecule has 4 aromatic rings. The van der Waals surface area contributed by atoms with Crippen LogP contribution in [-0.4, -0.2) is 31.6 Å². The Balaban J connectivity index is 1.66. The minimum absolute atomic E-state index is 0.0370. The summed E-state index contributed by atoms with van der Waals surface area (Å²) in [7, 11) is 3.17. The third-order valence-corrected chi connectivity index (χ3v) is 7.42. The molecule has 0 spiro atoms. The summed E-state index contributed by atoms with van der Waals surface area (Å²) in [5, 5.41) is 0.792. The molecule has 1 aliphatic rings. The number of halogens is 1. The zero-order valence-corrected chi connectivity index (χ0v) is 23.1. The molecular formula is C31H30ClNO6. The van der Waals surface area contributed by atoms with Crippen molar-refractivity contribution in [3.05, 3.63) is 97.9 Å². The minimum Gasteiger partial charge on any atom is -0.497 e. The van der Waals surface area contributed by atoms with Gasteiger partial charge in [0.25, 0.3) is 5.91 Å². The fourth-order valence-corrected chi connectivity index (χ4v) is 5.04. The van der Waals surface area contributed by atoms with Crippen molar-refractivity contribution >= 4 is 28.5 Å². The molecule has 1 aliphatic heterocycles. The lowest BCUT2D eigenvalue weighted by Crippen LogP contribution is -2.29. The summed E-state index contributed by atoms with van der Waals surface area (Å²) in [5.41, 5.74) is 2.67. The number of nitrogens with zero attached hydrogens (tertiary/aromatic N) is 1. The molecule has 3 aromatic carbocycles. The highest BCUT2D eigenvalue weighted by Crippen LogP contribution is 2.42. The molecule has 39 heavy (non-hydrogen) atoms. The van der Waals surface area contributed by atoms with Gasteiger partial charge in [-0.3, -0.25) is 9.59 Å². The van der Waals surface area contributed by atoms with Crippen LogP contribution in [0.4, 0.5) is 0 Å². The van der Waals surface area contributed by atoms with Crippen LogP contribution in [0.25, 0.3) is 11.0 Å². The average Bonchev–Trinajstić information content (AvgIpc) is 3.21. The van der Waals surface area contributed by atoms with E-state index >= 15 is 0 Å². The van der Waals surface area contributed by atoms with Gasteiger partial charge >= 0.3 is 0 Å². The Kier molecular flexibility index (Phi) is 7.53. The van der Waals surface area contributed by atoms with Gasteiger partial charge in [0, 0.05) is 11.6 Å². The monoisotopic (exact) mass is 547 g/mol. The number of amides is 1. The van der Waals surface area contributed by atoms with E-state index < -0.39 is 6.04 Å². The summed E-state index contributed by atoms with van der Waals surface area (Å²) in [6.45, 7) is 4.74. The maximum Gasteiger partial charge on any atom is 0.291 e. The van der Waals surface area contributed by atoms with E-state index in [1.165, 1.54) is 0 Å². The molecule has 2 heterocycles. The van der Waals surface area contributed by atoms with Gasteiger partial charge < -0.3 is 23.5 Å². The van der Waals surface area contributed by atoms with Crippen molar-refractivity contribution in [3.63, 3.8) is 0 Å². The molecule has 0 N–H and O–H groups in total. The van der Waals surface area contributed by atoms with E-state index in [9.17, 15) is 9.59 Å². The van der Waals surface area contributed by atoms with Gasteiger partial charge in [-0.25, -0.2) is 0 Å². The van der Waals surface area contributed by atoms with Gasteiger partial charge in [-0.1, -0.05) is 43.1 Å². The van der Waals surface area contributed by atoms with Crippen molar-refractivity contribution in [3.8, 4) is 17.2 Å². The van der Waals surface area contributed by atoms with Crippen molar-refractivity contribution in [1.29, 1.82) is 0 Å². The molecule has 5 rings (SSSR count). The molecule has 8 heteroatoms. The van der Waals surface area contributed by atoms with E-state index in [0.717, 1.165) is 24.0 Å². The first-order valence-corrected chi connectivity index (χ1v) is 13.3. The molecular weight excluding hydrogens is 518 g/mol. The third kappa shape index (κ3) is 4.94. The number of aryl methyl sites for hydroxylation is 1. The maximum absolute atomic E-state index is 13.9. The van der Waals surface area contributed by atoms with Gasteiger partial charge in [0.05, 0.1) is 37.8 Å². The average molecular weight is 548 g/mol. The van der Waals surface area contributed by atoms with Crippen molar-refractivity contribution in [2.24, 2.45) is 0 Å². The lowest BCUT2D eigenvalue weighted by Gasteiger charge is -2.26. The molecule has 0 radical (unpaired) electrons. The first kappa shape index (κ1) is 26.6. The second-order valence-electron chi connectivity index (χ2n) is 9.57. The van der Waals surface area contributed by atoms with Gasteiger partial charge in [0.2, 0.25) is 5.76 Å². The number of carbonyl (C=O) groups is 1. The molecule has 0 aliphatic carbocycles. The van der Waals surface area contributed by atoms with Crippen LogP contribution >= 0.6 is 11.6 Å². The third-order valence-electron chi connectivity index (χ3n) is 7.02. The molecule has 0 saturated carbocycles. The number of methoxy groups -OCH3 is 2. The molecule has 202 valence electrons. The van der Waals surface area contributed by atoms with Crippen LogP contribution in [0.3, 0.4) is 0 Å². The Morgan fingerprint density at radius 3 is 2.44 bits per heavy atom. The van der Waals surface area contributed by atoms with Crippen LogP contribution in [-0.2, 0) is 6.54 Å². The van der Waals surface area contributed by atoms with Gasteiger partial charge in [-0.05, 0) is 66.4 Å². The van der Waals surface area contributed by atoms with Gasteiger partial charge in [0.15, 0.2) is 16.9 Å². The molecule has 1 atom stereocenters. The molecule has 0 fully saturated rings. The van der Waals surface area contributed by atoms with E-state index in [1.54, 1.807) is 31.3 Å². The highest BCUT2D eigenvalue weighted by molar-refractivity contribution is 6.32. The normalized spacial score (nSPS) is 14.5. The van der Waals surface area contributed by atoms with Crippen molar-refractivity contribution in [1.82, 2.24) is 4.90 Å². The predicted molar refractivity (Wildman–Crippen MR) is 150 cm³/mol. The van der Waals surface area contributed by atoms with Crippen molar-refractivity contribution < 1.29 is 23.4 Å². The van der Waals surface area contributed by atoms with Gasteiger partial charge in [-0.15, -0.1) is 0 Å². The molecule has 1 unspecified atom stereocenters. The summed E-state index contributed by atoms with van der Waals surface area (Å²) in [5.74, 6) is 1.52. The number of carbonyl (C=O) groups excluding carboxylic acids is 1. The van der Waals surface area contributed by atoms with E-state index in [0.29, 0.717) is 45.4 Å². The van der Waals surface area contributed by atoms with Crippen LogP contribution < -0.4 is 19.6 Å². The highest BCUT2D eigenvalue weighted by Gasteiger charge is 2.43. The largest absolute Gasteiger partial charge is 0.497 e. The predicted octanol–water partition coefficient (Wildman–Crippen LogP) is 6.70. The molecule has 0 saturated heterocycles.